The van der Waals surface area contributed by atoms with Crippen LogP contribution in [-0.4, -0.2) is 11.4 Å². The molecule has 0 spiro atoms. The standard InChI is InChI=1S/C14H17BrN2O/c1-2-17(10-12-6-4-8-18-12)9-11-5-3-7-13(16)14(11)15/h3-8H,2,9-10,16H2,1H3. The molecule has 18 heavy (non-hydrogen) atoms. The molecule has 0 atom stereocenters. The summed E-state index contributed by atoms with van der Waals surface area (Å²) in [5.41, 5.74) is 7.87. The number of furan rings is 1. The second kappa shape index (κ2) is 6.07. The molecule has 0 radical (unpaired) electrons. The van der Waals surface area contributed by atoms with Crippen molar-refractivity contribution in [3.8, 4) is 0 Å². The Morgan fingerprint density at radius 3 is 2.72 bits per heavy atom. The van der Waals surface area contributed by atoms with Crippen LogP contribution in [0, 0.1) is 0 Å². The van der Waals surface area contributed by atoms with Gasteiger partial charge in [0, 0.05) is 16.7 Å². The molecule has 0 saturated carbocycles. The molecule has 1 aromatic carbocycles. The number of nitrogen functional groups attached to an aromatic ring is 1. The summed E-state index contributed by atoms with van der Waals surface area (Å²) >= 11 is 3.54. The molecular weight excluding hydrogens is 292 g/mol. The van der Waals surface area contributed by atoms with E-state index in [0.717, 1.165) is 35.6 Å². The summed E-state index contributed by atoms with van der Waals surface area (Å²) in [7, 11) is 0. The molecule has 0 fully saturated rings. The molecule has 2 N–H and O–H groups in total. The molecule has 0 aliphatic rings. The number of rotatable bonds is 5. The summed E-state index contributed by atoms with van der Waals surface area (Å²) in [6.45, 7) is 4.76. The molecule has 4 heteroatoms. The van der Waals surface area contributed by atoms with Crippen molar-refractivity contribution in [2.45, 2.75) is 20.0 Å². The molecule has 96 valence electrons. The predicted octanol–water partition coefficient (Wildman–Crippen LogP) is 3.65. The van der Waals surface area contributed by atoms with Crippen LogP contribution >= 0.6 is 15.9 Å². The number of nitrogens with zero attached hydrogens (tertiary/aromatic N) is 1. The van der Waals surface area contributed by atoms with Gasteiger partial charge in [0.2, 0.25) is 0 Å². The van der Waals surface area contributed by atoms with Crippen molar-refractivity contribution in [3.05, 3.63) is 52.4 Å². The van der Waals surface area contributed by atoms with Crippen LogP contribution in [0.25, 0.3) is 0 Å². The Hall–Kier alpha value is -1.26. The second-order valence-electron chi connectivity index (χ2n) is 4.20. The van der Waals surface area contributed by atoms with Crippen molar-refractivity contribution >= 4 is 21.6 Å². The summed E-state index contributed by atoms with van der Waals surface area (Å²) < 4.78 is 6.37. The van der Waals surface area contributed by atoms with Crippen molar-refractivity contribution in [1.29, 1.82) is 0 Å². The Labute approximate surface area is 116 Å². The third-order valence-corrected chi connectivity index (χ3v) is 3.88. The largest absolute Gasteiger partial charge is 0.468 e. The number of halogens is 1. The fourth-order valence-electron chi connectivity index (χ4n) is 1.87. The molecule has 1 aromatic heterocycles. The maximum atomic E-state index is 5.89. The van der Waals surface area contributed by atoms with Gasteiger partial charge in [-0.25, -0.2) is 0 Å². The van der Waals surface area contributed by atoms with Crippen LogP contribution in [0.1, 0.15) is 18.2 Å². The number of hydrogen-bond acceptors (Lipinski definition) is 3. The van der Waals surface area contributed by atoms with Gasteiger partial charge in [0.05, 0.1) is 12.8 Å². The van der Waals surface area contributed by atoms with E-state index in [1.54, 1.807) is 6.26 Å². The quantitative estimate of drug-likeness (QED) is 0.857. The minimum absolute atomic E-state index is 0.779. The number of anilines is 1. The molecule has 2 aromatic rings. The highest BCUT2D eigenvalue weighted by molar-refractivity contribution is 9.10. The molecule has 3 nitrogen and oxygen atoms in total. The molecule has 0 bridgehead atoms. The Morgan fingerprint density at radius 2 is 2.06 bits per heavy atom. The first-order chi connectivity index (χ1) is 8.70. The summed E-state index contributed by atoms with van der Waals surface area (Å²) in [6, 6.07) is 9.88. The minimum Gasteiger partial charge on any atom is -0.468 e. The Morgan fingerprint density at radius 1 is 1.22 bits per heavy atom. The van der Waals surface area contributed by atoms with Crippen LogP contribution in [0.15, 0.2) is 45.5 Å². The summed E-state index contributed by atoms with van der Waals surface area (Å²) in [4.78, 5) is 2.30. The lowest BCUT2D eigenvalue weighted by molar-refractivity contribution is 0.247. The monoisotopic (exact) mass is 308 g/mol. The highest BCUT2D eigenvalue weighted by Crippen LogP contribution is 2.25. The predicted molar refractivity (Wildman–Crippen MR) is 77.1 cm³/mol. The van der Waals surface area contributed by atoms with Crippen LogP contribution in [0.5, 0.6) is 0 Å². The maximum absolute atomic E-state index is 5.89. The van der Waals surface area contributed by atoms with Gasteiger partial charge in [-0.15, -0.1) is 0 Å². The highest BCUT2D eigenvalue weighted by atomic mass is 79.9. The van der Waals surface area contributed by atoms with Crippen molar-refractivity contribution < 1.29 is 4.42 Å². The van der Waals surface area contributed by atoms with E-state index in [-0.39, 0.29) is 0 Å². The van der Waals surface area contributed by atoms with E-state index < -0.39 is 0 Å². The second-order valence-corrected chi connectivity index (χ2v) is 5.00. The molecule has 0 unspecified atom stereocenters. The van der Waals surface area contributed by atoms with Gasteiger partial charge in [-0.2, -0.15) is 0 Å². The van der Waals surface area contributed by atoms with Crippen molar-refractivity contribution in [1.82, 2.24) is 4.90 Å². The summed E-state index contributed by atoms with van der Waals surface area (Å²) in [5, 5.41) is 0. The van der Waals surface area contributed by atoms with Gasteiger partial charge in [-0.3, -0.25) is 4.90 Å². The molecule has 0 saturated heterocycles. The first kappa shape index (κ1) is 13.2. The first-order valence-electron chi connectivity index (χ1n) is 5.98. The van der Waals surface area contributed by atoms with E-state index in [0.29, 0.717) is 0 Å². The molecule has 2 rings (SSSR count). The fraction of sp³-hybridized carbons (Fsp3) is 0.286. The van der Waals surface area contributed by atoms with Gasteiger partial charge >= 0.3 is 0 Å². The minimum atomic E-state index is 0.779. The highest BCUT2D eigenvalue weighted by Gasteiger charge is 2.10. The van der Waals surface area contributed by atoms with Gasteiger partial charge < -0.3 is 10.2 Å². The van der Waals surface area contributed by atoms with Crippen molar-refractivity contribution in [3.63, 3.8) is 0 Å². The lowest BCUT2D eigenvalue weighted by Crippen LogP contribution is -2.22. The van der Waals surface area contributed by atoms with Crippen molar-refractivity contribution in [2.24, 2.45) is 0 Å². The molecule has 0 aliphatic heterocycles. The molecule has 0 aliphatic carbocycles. The Balaban J connectivity index is 2.08. The van der Waals surface area contributed by atoms with Crippen LogP contribution in [0.2, 0.25) is 0 Å². The topological polar surface area (TPSA) is 42.4 Å². The number of nitrogens with two attached hydrogens (primary N) is 1. The third kappa shape index (κ3) is 3.15. The number of benzene rings is 1. The smallest absolute Gasteiger partial charge is 0.117 e. The van der Waals surface area contributed by atoms with E-state index in [9.17, 15) is 0 Å². The van der Waals surface area contributed by atoms with Gasteiger partial charge in [0.15, 0.2) is 0 Å². The summed E-state index contributed by atoms with van der Waals surface area (Å²) in [6.07, 6.45) is 1.71. The summed E-state index contributed by atoms with van der Waals surface area (Å²) in [5.74, 6) is 0.983. The zero-order chi connectivity index (χ0) is 13.0. The van der Waals surface area contributed by atoms with E-state index in [2.05, 4.69) is 33.8 Å². The lowest BCUT2D eigenvalue weighted by atomic mass is 10.2. The SMILES string of the molecule is CCN(Cc1ccco1)Cc1cccc(N)c1Br. The average Bonchev–Trinajstić information content (AvgIpc) is 2.86. The van der Waals surface area contributed by atoms with Gasteiger partial charge in [0.1, 0.15) is 5.76 Å². The lowest BCUT2D eigenvalue weighted by Gasteiger charge is -2.20. The van der Waals surface area contributed by atoms with E-state index in [4.69, 9.17) is 10.2 Å². The van der Waals surface area contributed by atoms with Crippen LogP contribution < -0.4 is 5.73 Å². The molecule has 0 amide bonds. The van der Waals surface area contributed by atoms with Gasteiger partial charge in [0.25, 0.3) is 0 Å². The maximum Gasteiger partial charge on any atom is 0.117 e. The van der Waals surface area contributed by atoms with Crippen LogP contribution in [0.3, 0.4) is 0 Å². The fourth-order valence-corrected chi connectivity index (χ4v) is 2.25. The van der Waals surface area contributed by atoms with E-state index in [1.165, 1.54) is 5.56 Å². The third-order valence-electron chi connectivity index (χ3n) is 2.91. The zero-order valence-electron chi connectivity index (χ0n) is 10.4. The van der Waals surface area contributed by atoms with Crippen molar-refractivity contribution in [2.75, 3.05) is 12.3 Å². The van der Waals surface area contributed by atoms with Gasteiger partial charge in [-0.05, 0) is 46.2 Å². The first-order valence-corrected chi connectivity index (χ1v) is 6.77. The molecular formula is C14H17BrN2O. The van der Waals surface area contributed by atoms with Crippen LogP contribution in [-0.2, 0) is 13.1 Å². The number of hydrogen-bond donors (Lipinski definition) is 1. The van der Waals surface area contributed by atoms with Gasteiger partial charge in [-0.1, -0.05) is 19.1 Å². The molecule has 1 heterocycles. The van der Waals surface area contributed by atoms with E-state index in [1.807, 2.05) is 24.3 Å². The average molecular weight is 309 g/mol. The zero-order valence-corrected chi connectivity index (χ0v) is 12.0. The Bertz CT molecular complexity index is 497. The van der Waals surface area contributed by atoms with E-state index >= 15 is 0 Å². The Kier molecular flexibility index (Phi) is 4.44. The normalized spacial score (nSPS) is 11.1. The van der Waals surface area contributed by atoms with Crippen LogP contribution in [0.4, 0.5) is 5.69 Å².